The van der Waals surface area contributed by atoms with E-state index < -0.39 is 17.5 Å². The third-order valence-corrected chi connectivity index (χ3v) is 4.18. The van der Waals surface area contributed by atoms with Gasteiger partial charge >= 0.3 is 6.18 Å². The van der Waals surface area contributed by atoms with E-state index in [1.165, 1.54) is 12.1 Å². The molecule has 132 valence electrons. The molecule has 2 aromatic rings. The van der Waals surface area contributed by atoms with Gasteiger partial charge in [0.2, 0.25) is 0 Å². The van der Waals surface area contributed by atoms with Gasteiger partial charge in [-0.05, 0) is 17.7 Å². The highest BCUT2D eigenvalue weighted by Gasteiger charge is 2.30. The molecule has 1 aliphatic heterocycles. The summed E-state index contributed by atoms with van der Waals surface area (Å²) in [7, 11) is 0. The number of ether oxygens (including phenoxy) is 1. The average molecular weight is 349 g/mol. The van der Waals surface area contributed by atoms with Crippen LogP contribution in [0.25, 0.3) is 0 Å². The fourth-order valence-corrected chi connectivity index (χ4v) is 2.78. The second-order valence-corrected chi connectivity index (χ2v) is 5.99. The first-order valence-electron chi connectivity index (χ1n) is 8.04. The van der Waals surface area contributed by atoms with Gasteiger partial charge in [0.05, 0.1) is 18.8 Å². The van der Waals surface area contributed by atoms with Crippen molar-refractivity contribution in [3.05, 3.63) is 70.8 Å². The van der Waals surface area contributed by atoms with Crippen molar-refractivity contribution in [2.75, 3.05) is 26.3 Å². The van der Waals surface area contributed by atoms with Crippen molar-refractivity contribution >= 4 is 5.78 Å². The maximum Gasteiger partial charge on any atom is 0.416 e. The smallest absolute Gasteiger partial charge is 0.379 e. The first kappa shape index (κ1) is 17.6. The summed E-state index contributed by atoms with van der Waals surface area (Å²) in [4.78, 5) is 14.7. The Morgan fingerprint density at radius 2 is 1.68 bits per heavy atom. The van der Waals surface area contributed by atoms with Gasteiger partial charge in [-0.15, -0.1) is 0 Å². The molecule has 1 fully saturated rings. The molecule has 25 heavy (non-hydrogen) atoms. The van der Waals surface area contributed by atoms with Crippen molar-refractivity contribution in [3.8, 4) is 0 Å². The average Bonchev–Trinajstić information content (AvgIpc) is 2.62. The second-order valence-electron chi connectivity index (χ2n) is 5.99. The molecule has 0 aliphatic carbocycles. The topological polar surface area (TPSA) is 29.5 Å². The van der Waals surface area contributed by atoms with Crippen LogP contribution in [0.4, 0.5) is 13.2 Å². The zero-order valence-corrected chi connectivity index (χ0v) is 13.6. The molecule has 0 amide bonds. The molecule has 2 aromatic carbocycles. The van der Waals surface area contributed by atoms with Gasteiger partial charge in [0.25, 0.3) is 0 Å². The van der Waals surface area contributed by atoms with Gasteiger partial charge in [0.15, 0.2) is 5.78 Å². The van der Waals surface area contributed by atoms with E-state index in [1.807, 2.05) is 12.1 Å². The van der Waals surface area contributed by atoms with E-state index in [0.29, 0.717) is 18.8 Å². The molecule has 0 bridgehead atoms. The number of alkyl halides is 3. The number of halogens is 3. The number of rotatable bonds is 4. The number of ketones is 1. The monoisotopic (exact) mass is 349 g/mol. The number of nitrogens with zero attached hydrogens (tertiary/aromatic N) is 1. The van der Waals surface area contributed by atoms with Crippen LogP contribution in [0.3, 0.4) is 0 Å². The minimum Gasteiger partial charge on any atom is -0.379 e. The number of hydrogen-bond donors (Lipinski definition) is 0. The van der Waals surface area contributed by atoms with Crippen LogP contribution in [0.15, 0.2) is 48.5 Å². The summed E-state index contributed by atoms with van der Waals surface area (Å²) in [5, 5.41) is 0. The summed E-state index contributed by atoms with van der Waals surface area (Å²) in [6.45, 7) is 3.93. The highest BCUT2D eigenvalue weighted by molar-refractivity contribution is 6.09. The molecule has 3 rings (SSSR count). The molecule has 1 aliphatic rings. The molecular weight excluding hydrogens is 331 g/mol. The van der Waals surface area contributed by atoms with Crippen molar-refractivity contribution in [1.29, 1.82) is 0 Å². The maximum absolute atomic E-state index is 12.8. The van der Waals surface area contributed by atoms with Gasteiger partial charge in [-0.1, -0.05) is 36.4 Å². The zero-order chi connectivity index (χ0) is 17.9. The molecule has 6 heteroatoms. The fraction of sp³-hybridized carbons (Fsp3) is 0.316. The van der Waals surface area contributed by atoms with E-state index >= 15 is 0 Å². The Morgan fingerprint density at radius 1 is 1.00 bits per heavy atom. The summed E-state index contributed by atoms with van der Waals surface area (Å²) >= 11 is 0. The lowest BCUT2D eigenvalue weighted by atomic mass is 10.00. The fourth-order valence-electron chi connectivity index (χ4n) is 2.78. The van der Waals surface area contributed by atoms with Crippen LogP contribution in [-0.4, -0.2) is 37.0 Å². The van der Waals surface area contributed by atoms with E-state index in [2.05, 4.69) is 4.90 Å². The van der Waals surface area contributed by atoms with Gasteiger partial charge in [-0.25, -0.2) is 0 Å². The maximum atomic E-state index is 12.8. The number of morpholine rings is 1. The summed E-state index contributed by atoms with van der Waals surface area (Å²) in [6, 6.07) is 11.5. The molecule has 0 atom stereocenters. The molecule has 0 unspecified atom stereocenters. The Hall–Kier alpha value is -2.18. The van der Waals surface area contributed by atoms with E-state index in [0.717, 1.165) is 37.3 Å². The Morgan fingerprint density at radius 3 is 2.32 bits per heavy atom. The minimum absolute atomic E-state index is 0.0377. The third-order valence-electron chi connectivity index (χ3n) is 4.18. The van der Waals surface area contributed by atoms with Crippen LogP contribution in [0.5, 0.6) is 0 Å². The lowest BCUT2D eigenvalue weighted by Gasteiger charge is -2.26. The van der Waals surface area contributed by atoms with Crippen molar-refractivity contribution in [1.82, 2.24) is 4.90 Å². The van der Waals surface area contributed by atoms with E-state index in [9.17, 15) is 18.0 Å². The van der Waals surface area contributed by atoms with Crippen molar-refractivity contribution in [2.45, 2.75) is 12.7 Å². The lowest BCUT2D eigenvalue weighted by Crippen LogP contribution is -2.35. The Kier molecular flexibility index (Phi) is 5.20. The SMILES string of the molecule is O=C(c1ccc(CN2CCOCC2)cc1)c1cccc(C(F)(F)F)c1. The van der Waals surface area contributed by atoms with Crippen molar-refractivity contribution in [2.24, 2.45) is 0 Å². The molecule has 0 saturated carbocycles. The van der Waals surface area contributed by atoms with Gasteiger partial charge in [0, 0.05) is 30.8 Å². The zero-order valence-electron chi connectivity index (χ0n) is 13.6. The summed E-state index contributed by atoms with van der Waals surface area (Å²) < 4.78 is 43.7. The number of hydrogen-bond acceptors (Lipinski definition) is 3. The Labute approximate surface area is 144 Å². The van der Waals surface area contributed by atoms with Crippen LogP contribution in [-0.2, 0) is 17.5 Å². The molecule has 1 saturated heterocycles. The molecule has 0 aromatic heterocycles. The minimum atomic E-state index is -4.46. The van der Waals surface area contributed by atoms with Crippen LogP contribution in [0.2, 0.25) is 0 Å². The van der Waals surface area contributed by atoms with Crippen LogP contribution >= 0.6 is 0 Å². The first-order valence-corrected chi connectivity index (χ1v) is 8.04. The third kappa shape index (κ3) is 4.46. The van der Waals surface area contributed by atoms with Crippen LogP contribution < -0.4 is 0 Å². The van der Waals surface area contributed by atoms with Gasteiger partial charge in [-0.3, -0.25) is 9.69 Å². The summed E-state index contributed by atoms with van der Waals surface area (Å²) in [6.07, 6.45) is -4.46. The van der Waals surface area contributed by atoms with E-state index in [-0.39, 0.29) is 5.56 Å². The van der Waals surface area contributed by atoms with Gasteiger partial charge in [0.1, 0.15) is 0 Å². The molecule has 3 nitrogen and oxygen atoms in total. The standard InChI is InChI=1S/C19H18F3NO2/c20-19(21,22)17-3-1-2-16(12-17)18(24)15-6-4-14(5-7-15)13-23-8-10-25-11-9-23/h1-7,12H,8-11,13H2. The normalized spacial score (nSPS) is 16.0. The van der Waals surface area contributed by atoms with Crippen LogP contribution in [0.1, 0.15) is 27.0 Å². The second kappa shape index (κ2) is 7.37. The lowest BCUT2D eigenvalue weighted by molar-refractivity contribution is -0.137. The quantitative estimate of drug-likeness (QED) is 0.787. The Bertz CT molecular complexity index is 735. The predicted octanol–water partition coefficient (Wildman–Crippen LogP) is 3.77. The van der Waals surface area contributed by atoms with Crippen LogP contribution in [0, 0.1) is 0 Å². The first-order chi connectivity index (χ1) is 11.9. The number of carbonyl (C=O) groups excluding carboxylic acids is 1. The van der Waals surface area contributed by atoms with Crippen molar-refractivity contribution in [3.63, 3.8) is 0 Å². The highest BCUT2D eigenvalue weighted by atomic mass is 19.4. The highest BCUT2D eigenvalue weighted by Crippen LogP contribution is 2.30. The molecule has 0 radical (unpaired) electrons. The predicted molar refractivity (Wildman–Crippen MR) is 87.4 cm³/mol. The molecule has 0 N–H and O–H groups in total. The van der Waals surface area contributed by atoms with Gasteiger partial charge in [-0.2, -0.15) is 13.2 Å². The number of carbonyl (C=O) groups is 1. The van der Waals surface area contributed by atoms with Crippen molar-refractivity contribution < 1.29 is 22.7 Å². The van der Waals surface area contributed by atoms with E-state index in [4.69, 9.17) is 4.74 Å². The van der Waals surface area contributed by atoms with E-state index in [1.54, 1.807) is 12.1 Å². The largest absolute Gasteiger partial charge is 0.416 e. The molecule has 0 spiro atoms. The number of benzene rings is 2. The summed E-state index contributed by atoms with van der Waals surface area (Å²) in [5.74, 6) is -0.413. The molecule has 1 heterocycles. The molecular formula is C19H18F3NO2. The Balaban J connectivity index is 1.72. The van der Waals surface area contributed by atoms with Gasteiger partial charge < -0.3 is 4.74 Å². The summed E-state index contributed by atoms with van der Waals surface area (Å²) in [5.41, 5.74) is 0.658.